The van der Waals surface area contributed by atoms with Gasteiger partial charge in [-0.25, -0.2) is 14.5 Å². The SMILES string of the molecule is NC(=O)CC1(NC(=O)Nc2ncn(Cc3ccccc3)n2)CCC1. The highest BCUT2D eigenvalue weighted by atomic mass is 16.2. The number of nitrogens with one attached hydrogen (secondary N) is 2. The van der Waals surface area contributed by atoms with Crippen molar-refractivity contribution in [2.45, 2.75) is 37.8 Å². The number of hydrogen-bond donors (Lipinski definition) is 3. The van der Waals surface area contributed by atoms with E-state index in [2.05, 4.69) is 20.7 Å². The van der Waals surface area contributed by atoms with Gasteiger partial charge in [-0.05, 0) is 24.8 Å². The Hall–Kier alpha value is -2.90. The lowest BCUT2D eigenvalue weighted by atomic mass is 9.74. The number of carbonyl (C=O) groups excluding carboxylic acids is 2. The summed E-state index contributed by atoms with van der Waals surface area (Å²) in [6.45, 7) is 0.572. The number of carbonyl (C=O) groups is 2. The Morgan fingerprint density at radius 2 is 2.00 bits per heavy atom. The van der Waals surface area contributed by atoms with Gasteiger partial charge < -0.3 is 11.1 Å². The van der Waals surface area contributed by atoms with Crippen LogP contribution in [0.2, 0.25) is 0 Å². The van der Waals surface area contributed by atoms with Crippen LogP contribution in [0.5, 0.6) is 0 Å². The summed E-state index contributed by atoms with van der Waals surface area (Å²) in [5.41, 5.74) is 5.82. The van der Waals surface area contributed by atoms with Crippen LogP contribution in [0.3, 0.4) is 0 Å². The van der Waals surface area contributed by atoms with Gasteiger partial charge in [0.15, 0.2) is 0 Å². The second kappa shape index (κ2) is 6.69. The minimum atomic E-state index is -0.525. The first-order chi connectivity index (χ1) is 11.5. The van der Waals surface area contributed by atoms with Gasteiger partial charge in [-0.3, -0.25) is 10.1 Å². The molecule has 0 atom stereocenters. The Morgan fingerprint density at radius 3 is 2.62 bits per heavy atom. The summed E-state index contributed by atoms with van der Waals surface area (Å²) in [5.74, 6) is -0.197. The number of amides is 3. The maximum Gasteiger partial charge on any atom is 0.322 e. The molecule has 0 aliphatic heterocycles. The van der Waals surface area contributed by atoms with Crippen molar-refractivity contribution in [3.8, 4) is 0 Å². The van der Waals surface area contributed by atoms with E-state index in [1.54, 1.807) is 11.0 Å². The first-order valence-corrected chi connectivity index (χ1v) is 7.86. The van der Waals surface area contributed by atoms with Crippen molar-refractivity contribution in [1.82, 2.24) is 20.1 Å². The predicted octanol–water partition coefficient (Wildman–Crippen LogP) is 1.25. The van der Waals surface area contributed by atoms with Crippen molar-refractivity contribution >= 4 is 17.9 Å². The van der Waals surface area contributed by atoms with E-state index < -0.39 is 17.5 Å². The molecule has 24 heavy (non-hydrogen) atoms. The minimum Gasteiger partial charge on any atom is -0.370 e. The summed E-state index contributed by atoms with van der Waals surface area (Å²) in [6, 6.07) is 9.42. The molecular weight excluding hydrogens is 308 g/mol. The zero-order valence-corrected chi connectivity index (χ0v) is 13.2. The van der Waals surface area contributed by atoms with E-state index in [1.807, 2.05) is 30.3 Å². The third kappa shape index (κ3) is 3.89. The van der Waals surface area contributed by atoms with Crippen molar-refractivity contribution in [2.24, 2.45) is 5.73 Å². The van der Waals surface area contributed by atoms with E-state index in [9.17, 15) is 9.59 Å². The number of nitrogens with two attached hydrogens (primary N) is 1. The number of benzene rings is 1. The standard InChI is InChI=1S/C16H20N6O2/c17-13(23)9-16(7-4-8-16)20-15(24)19-14-18-11-22(21-14)10-12-5-2-1-3-6-12/h1-3,5-6,11H,4,7-10H2,(H2,17,23)(H2,19,20,21,24). The zero-order valence-electron chi connectivity index (χ0n) is 13.2. The van der Waals surface area contributed by atoms with Gasteiger partial charge in [0.25, 0.3) is 0 Å². The average molecular weight is 328 g/mol. The lowest BCUT2D eigenvalue weighted by Gasteiger charge is -2.41. The van der Waals surface area contributed by atoms with Gasteiger partial charge in [0.1, 0.15) is 6.33 Å². The minimum absolute atomic E-state index is 0.149. The molecule has 3 rings (SSSR count). The Labute approximate surface area is 139 Å². The Morgan fingerprint density at radius 1 is 1.25 bits per heavy atom. The molecule has 4 N–H and O–H groups in total. The number of primary amides is 1. The average Bonchev–Trinajstić information content (AvgIpc) is 2.92. The molecule has 2 aromatic rings. The van der Waals surface area contributed by atoms with Crippen LogP contribution in [0.4, 0.5) is 10.7 Å². The van der Waals surface area contributed by atoms with Gasteiger partial charge in [-0.1, -0.05) is 30.3 Å². The molecule has 8 nitrogen and oxygen atoms in total. The van der Waals surface area contributed by atoms with Crippen molar-refractivity contribution in [3.05, 3.63) is 42.2 Å². The highest BCUT2D eigenvalue weighted by molar-refractivity contribution is 5.88. The molecule has 1 heterocycles. The molecule has 8 heteroatoms. The van der Waals surface area contributed by atoms with E-state index in [4.69, 9.17) is 5.73 Å². The van der Waals surface area contributed by atoms with Crippen LogP contribution < -0.4 is 16.4 Å². The highest BCUT2D eigenvalue weighted by Crippen LogP contribution is 2.34. The molecule has 1 fully saturated rings. The maximum atomic E-state index is 12.1. The molecule has 0 bridgehead atoms. The van der Waals surface area contributed by atoms with Crippen molar-refractivity contribution in [2.75, 3.05) is 5.32 Å². The molecule has 1 aromatic heterocycles. The highest BCUT2D eigenvalue weighted by Gasteiger charge is 2.39. The zero-order chi connectivity index (χ0) is 17.0. The maximum absolute atomic E-state index is 12.1. The van der Waals surface area contributed by atoms with Crippen molar-refractivity contribution in [3.63, 3.8) is 0 Å². The van der Waals surface area contributed by atoms with Gasteiger partial charge in [-0.15, -0.1) is 5.10 Å². The summed E-state index contributed by atoms with van der Waals surface area (Å²) in [6.07, 6.45) is 4.18. The third-order valence-corrected chi connectivity index (χ3v) is 4.15. The van der Waals surface area contributed by atoms with Gasteiger partial charge in [0, 0.05) is 6.42 Å². The molecule has 0 unspecified atom stereocenters. The van der Waals surface area contributed by atoms with Gasteiger partial charge in [0.2, 0.25) is 11.9 Å². The number of anilines is 1. The molecule has 0 spiro atoms. The van der Waals surface area contributed by atoms with Crippen LogP contribution in [-0.2, 0) is 11.3 Å². The van der Waals surface area contributed by atoms with Crippen LogP contribution in [-0.4, -0.2) is 32.2 Å². The molecule has 1 aromatic carbocycles. The molecule has 1 saturated carbocycles. The quantitative estimate of drug-likeness (QED) is 0.740. The number of nitrogens with zero attached hydrogens (tertiary/aromatic N) is 3. The Bertz CT molecular complexity index is 723. The van der Waals surface area contributed by atoms with Crippen LogP contribution in [0, 0.1) is 0 Å². The third-order valence-electron chi connectivity index (χ3n) is 4.15. The molecule has 0 radical (unpaired) electrons. The molecular formula is C16H20N6O2. The second-order valence-electron chi connectivity index (χ2n) is 6.11. The van der Waals surface area contributed by atoms with Crippen molar-refractivity contribution < 1.29 is 9.59 Å². The largest absolute Gasteiger partial charge is 0.370 e. The summed E-state index contributed by atoms with van der Waals surface area (Å²) in [5, 5.41) is 9.65. The smallest absolute Gasteiger partial charge is 0.322 e. The fraction of sp³-hybridized carbons (Fsp3) is 0.375. The van der Waals surface area contributed by atoms with E-state index in [0.717, 1.165) is 24.8 Å². The summed E-state index contributed by atoms with van der Waals surface area (Å²) >= 11 is 0. The lowest BCUT2D eigenvalue weighted by Crippen LogP contribution is -2.56. The number of aromatic nitrogens is 3. The van der Waals surface area contributed by atoms with Crippen LogP contribution in [0.1, 0.15) is 31.2 Å². The van der Waals surface area contributed by atoms with Crippen LogP contribution >= 0.6 is 0 Å². The van der Waals surface area contributed by atoms with E-state index in [0.29, 0.717) is 6.54 Å². The Balaban J connectivity index is 1.56. The first-order valence-electron chi connectivity index (χ1n) is 7.86. The number of rotatable bonds is 6. The van der Waals surface area contributed by atoms with Crippen LogP contribution in [0.15, 0.2) is 36.7 Å². The predicted molar refractivity (Wildman–Crippen MR) is 88.1 cm³/mol. The molecule has 126 valence electrons. The summed E-state index contributed by atoms with van der Waals surface area (Å²) in [7, 11) is 0. The fourth-order valence-electron chi connectivity index (χ4n) is 2.86. The number of urea groups is 1. The molecule has 1 aliphatic carbocycles. The van der Waals surface area contributed by atoms with E-state index >= 15 is 0 Å². The summed E-state index contributed by atoms with van der Waals surface area (Å²) < 4.78 is 1.65. The van der Waals surface area contributed by atoms with E-state index in [-0.39, 0.29) is 12.4 Å². The molecule has 3 amide bonds. The monoisotopic (exact) mass is 328 g/mol. The van der Waals surface area contributed by atoms with Crippen molar-refractivity contribution in [1.29, 1.82) is 0 Å². The van der Waals surface area contributed by atoms with Crippen LogP contribution in [0.25, 0.3) is 0 Å². The van der Waals surface area contributed by atoms with E-state index in [1.165, 1.54) is 0 Å². The topological polar surface area (TPSA) is 115 Å². The van der Waals surface area contributed by atoms with Gasteiger partial charge in [0.05, 0.1) is 12.1 Å². The summed E-state index contributed by atoms with van der Waals surface area (Å²) in [4.78, 5) is 27.3. The first kappa shape index (κ1) is 16.0. The van der Waals surface area contributed by atoms with Gasteiger partial charge in [-0.2, -0.15) is 0 Å². The lowest BCUT2D eigenvalue weighted by molar-refractivity contribution is -0.120. The molecule has 0 saturated heterocycles. The molecule has 1 aliphatic rings. The normalized spacial score (nSPS) is 15.3. The van der Waals surface area contributed by atoms with Gasteiger partial charge >= 0.3 is 6.03 Å². The fourth-order valence-corrected chi connectivity index (χ4v) is 2.86. The Kier molecular flexibility index (Phi) is 4.45. The number of hydrogen-bond acceptors (Lipinski definition) is 4. The second-order valence-corrected chi connectivity index (χ2v) is 6.11.